The molecule has 0 radical (unpaired) electrons. The molecule has 0 aromatic carbocycles. The molecule has 3 rings (SSSR count). The van der Waals surface area contributed by atoms with Gasteiger partial charge in [-0.05, 0) is 25.7 Å². The summed E-state index contributed by atoms with van der Waals surface area (Å²) in [5.41, 5.74) is 1.23. The van der Waals surface area contributed by atoms with Crippen molar-refractivity contribution in [3.05, 3.63) is 23.5 Å². The summed E-state index contributed by atoms with van der Waals surface area (Å²) in [6, 6.07) is 0. The smallest absolute Gasteiger partial charge is 0.204 e. The predicted molar refractivity (Wildman–Crippen MR) is 86.3 cm³/mol. The molecule has 0 amide bonds. The van der Waals surface area contributed by atoms with Crippen LogP contribution in [0.2, 0.25) is 0 Å². The number of carbonyl (C=O) groups excluding carboxylic acids is 2. The van der Waals surface area contributed by atoms with E-state index in [1.807, 2.05) is 0 Å². The minimum Gasteiger partial charge on any atom is -0.368 e. The maximum atomic E-state index is 12.5. The quantitative estimate of drug-likeness (QED) is 0.735. The first-order chi connectivity index (χ1) is 10.8. The largest absolute Gasteiger partial charge is 0.368 e. The summed E-state index contributed by atoms with van der Waals surface area (Å²) >= 11 is 0. The van der Waals surface area contributed by atoms with Gasteiger partial charge < -0.3 is 9.80 Å². The van der Waals surface area contributed by atoms with Crippen LogP contribution in [0.4, 0.5) is 0 Å². The predicted octanol–water partition coefficient (Wildman–Crippen LogP) is 2.66. The van der Waals surface area contributed by atoms with Crippen LogP contribution in [0.3, 0.4) is 0 Å². The van der Waals surface area contributed by atoms with E-state index in [1.165, 1.54) is 25.7 Å². The fourth-order valence-corrected chi connectivity index (χ4v) is 3.66. The van der Waals surface area contributed by atoms with Gasteiger partial charge in [0, 0.05) is 38.3 Å². The number of hydrogen-bond donors (Lipinski definition) is 0. The number of ketones is 2. The lowest BCUT2D eigenvalue weighted by molar-refractivity contribution is -0.117. The molecule has 2 saturated heterocycles. The molecule has 2 aliphatic heterocycles. The van der Waals surface area contributed by atoms with E-state index in [2.05, 4.69) is 9.80 Å². The Balaban J connectivity index is 1.74. The van der Waals surface area contributed by atoms with Crippen LogP contribution in [0, 0.1) is 0 Å². The molecule has 0 atom stereocenters. The van der Waals surface area contributed by atoms with E-state index in [-0.39, 0.29) is 11.6 Å². The van der Waals surface area contributed by atoms with Crippen LogP contribution >= 0.6 is 0 Å². The van der Waals surface area contributed by atoms with E-state index in [0.717, 1.165) is 51.9 Å². The maximum Gasteiger partial charge on any atom is 0.204 e. The molecule has 22 heavy (non-hydrogen) atoms. The first-order valence-corrected chi connectivity index (χ1v) is 8.78. The fraction of sp³-hybridized carbons (Fsp3) is 0.667. The van der Waals surface area contributed by atoms with E-state index < -0.39 is 0 Å². The molecule has 0 saturated carbocycles. The van der Waals surface area contributed by atoms with Gasteiger partial charge in [-0.1, -0.05) is 25.7 Å². The second-order valence-electron chi connectivity index (χ2n) is 6.59. The Hall–Kier alpha value is -1.58. The number of hydrogen-bond acceptors (Lipinski definition) is 4. The van der Waals surface area contributed by atoms with Crippen LogP contribution in [0.25, 0.3) is 0 Å². The van der Waals surface area contributed by atoms with Crippen molar-refractivity contribution in [3.63, 3.8) is 0 Å². The summed E-state index contributed by atoms with van der Waals surface area (Å²) in [4.78, 5) is 29.3. The highest BCUT2D eigenvalue weighted by Gasteiger charge is 2.27. The van der Waals surface area contributed by atoms with Gasteiger partial charge in [-0.2, -0.15) is 0 Å². The molecule has 0 bridgehead atoms. The molecular formula is C18H26N2O2. The van der Waals surface area contributed by atoms with Crippen LogP contribution in [-0.2, 0) is 9.59 Å². The highest BCUT2D eigenvalue weighted by Crippen LogP contribution is 2.23. The summed E-state index contributed by atoms with van der Waals surface area (Å²) < 4.78 is 0. The van der Waals surface area contributed by atoms with Crippen LogP contribution in [0.1, 0.15) is 51.4 Å². The molecule has 2 fully saturated rings. The molecule has 0 N–H and O–H groups in total. The average molecular weight is 302 g/mol. The second-order valence-corrected chi connectivity index (χ2v) is 6.59. The van der Waals surface area contributed by atoms with E-state index in [4.69, 9.17) is 0 Å². The van der Waals surface area contributed by atoms with Crippen molar-refractivity contribution in [3.8, 4) is 0 Å². The first-order valence-electron chi connectivity index (χ1n) is 8.78. The Kier molecular flexibility index (Phi) is 4.96. The van der Waals surface area contributed by atoms with Crippen LogP contribution in [0.5, 0.6) is 0 Å². The Morgan fingerprint density at radius 1 is 0.545 bits per heavy atom. The lowest BCUT2D eigenvalue weighted by Gasteiger charge is -2.29. The number of likely N-dealkylation sites (tertiary alicyclic amines) is 2. The topological polar surface area (TPSA) is 40.6 Å². The lowest BCUT2D eigenvalue weighted by atomic mass is 10.0. The summed E-state index contributed by atoms with van der Waals surface area (Å²) in [5.74, 6) is 0.0292. The summed E-state index contributed by atoms with van der Waals surface area (Å²) in [6.07, 6.45) is 12.5. The molecule has 3 aliphatic rings. The third-order valence-corrected chi connectivity index (χ3v) is 4.93. The van der Waals surface area contributed by atoms with Crippen molar-refractivity contribution in [1.82, 2.24) is 9.80 Å². The van der Waals surface area contributed by atoms with Crippen LogP contribution < -0.4 is 0 Å². The average Bonchev–Trinajstić information content (AvgIpc) is 2.93. The Morgan fingerprint density at radius 3 is 1.18 bits per heavy atom. The highest BCUT2D eigenvalue weighted by atomic mass is 16.1. The van der Waals surface area contributed by atoms with Gasteiger partial charge in [-0.15, -0.1) is 0 Å². The SMILES string of the molecule is O=C1C=C(N2CCCCCC2)C(=O)C=C1N1CCCCCC1. The highest BCUT2D eigenvalue weighted by molar-refractivity contribution is 6.19. The molecule has 4 nitrogen and oxygen atoms in total. The van der Waals surface area contributed by atoms with Gasteiger partial charge in [0.25, 0.3) is 0 Å². The molecule has 0 aromatic heterocycles. The van der Waals surface area contributed by atoms with Crippen molar-refractivity contribution in [2.24, 2.45) is 0 Å². The molecule has 0 aromatic rings. The summed E-state index contributed by atoms with van der Waals surface area (Å²) in [7, 11) is 0. The van der Waals surface area contributed by atoms with E-state index in [9.17, 15) is 9.59 Å². The van der Waals surface area contributed by atoms with Gasteiger partial charge in [-0.25, -0.2) is 0 Å². The van der Waals surface area contributed by atoms with Crippen molar-refractivity contribution in [2.75, 3.05) is 26.2 Å². The maximum absolute atomic E-state index is 12.5. The van der Waals surface area contributed by atoms with Crippen molar-refractivity contribution in [2.45, 2.75) is 51.4 Å². The van der Waals surface area contributed by atoms with Crippen molar-refractivity contribution in [1.29, 1.82) is 0 Å². The molecule has 4 heteroatoms. The van der Waals surface area contributed by atoms with E-state index in [1.54, 1.807) is 12.2 Å². The molecule has 120 valence electrons. The standard InChI is InChI=1S/C18H26N2O2/c21-17-14-16(20-11-7-3-4-8-12-20)18(22)13-15(17)19-9-5-1-2-6-10-19/h13-14H,1-12H2. The van der Waals surface area contributed by atoms with Gasteiger partial charge in [0.05, 0.1) is 11.4 Å². The Labute approximate surface area is 132 Å². The van der Waals surface area contributed by atoms with Crippen LogP contribution in [0.15, 0.2) is 23.5 Å². The Morgan fingerprint density at radius 2 is 0.864 bits per heavy atom. The van der Waals surface area contributed by atoms with Gasteiger partial charge >= 0.3 is 0 Å². The molecule has 2 heterocycles. The van der Waals surface area contributed by atoms with Gasteiger partial charge in [0.1, 0.15) is 0 Å². The normalized spacial score (nSPS) is 24.5. The molecule has 0 spiro atoms. The van der Waals surface area contributed by atoms with Gasteiger partial charge in [0.15, 0.2) is 0 Å². The van der Waals surface area contributed by atoms with Gasteiger partial charge in [-0.3, -0.25) is 9.59 Å². The number of allylic oxidation sites excluding steroid dienone is 2. The number of carbonyl (C=O) groups is 2. The fourth-order valence-electron chi connectivity index (χ4n) is 3.66. The Bertz CT molecular complexity index is 445. The zero-order valence-corrected chi connectivity index (χ0v) is 13.4. The molecule has 0 unspecified atom stereocenters. The zero-order chi connectivity index (χ0) is 15.4. The van der Waals surface area contributed by atoms with Crippen molar-refractivity contribution < 1.29 is 9.59 Å². The summed E-state index contributed by atoms with van der Waals surface area (Å²) in [5, 5.41) is 0. The monoisotopic (exact) mass is 302 g/mol. The third-order valence-electron chi connectivity index (χ3n) is 4.93. The van der Waals surface area contributed by atoms with E-state index >= 15 is 0 Å². The minimum absolute atomic E-state index is 0.0146. The minimum atomic E-state index is 0.0146. The third kappa shape index (κ3) is 3.42. The van der Waals surface area contributed by atoms with Crippen molar-refractivity contribution >= 4 is 11.6 Å². The number of nitrogens with zero attached hydrogens (tertiary/aromatic N) is 2. The van der Waals surface area contributed by atoms with Gasteiger partial charge in [0.2, 0.25) is 11.6 Å². The number of rotatable bonds is 2. The first kappa shape index (κ1) is 15.3. The zero-order valence-electron chi connectivity index (χ0n) is 13.4. The summed E-state index contributed by atoms with van der Waals surface area (Å²) in [6.45, 7) is 3.60. The second kappa shape index (κ2) is 7.12. The lowest BCUT2D eigenvalue weighted by Crippen LogP contribution is -2.35. The molecular weight excluding hydrogens is 276 g/mol. The molecule has 1 aliphatic carbocycles. The van der Waals surface area contributed by atoms with E-state index in [0.29, 0.717) is 11.4 Å². The van der Waals surface area contributed by atoms with Crippen LogP contribution in [-0.4, -0.2) is 47.5 Å².